The maximum absolute atomic E-state index is 11.7. The lowest BCUT2D eigenvalue weighted by molar-refractivity contribution is -0.131. The van der Waals surface area contributed by atoms with E-state index in [0.29, 0.717) is 5.91 Å². The molecule has 2 heterocycles. The van der Waals surface area contributed by atoms with Crippen LogP contribution in [0.5, 0.6) is 0 Å². The van der Waals surface area contributed by atoms with Gasteiger partial charge in [-0.3, -0.25) is 10.1 Å². The van der Waals surface area contributed by atoms with E-state index in [1.54, 1.807) is 0 Å². The fourth-order valence-electron chi connectivity index (χ4n) is 1.71. The molecule has 0 bridgehead atoms. The standard InChI is InChI=1S/C8H14N2OS/c11-8(7-5-12-6-9-7)10-3-1-2-4-10/h7,9H,1-6H2/t7-/m1/s1. The summed E-state index contributed by atoms with van der Waals surface area (Å²) >= 11 is 1.81. The Bertz CT molecular complexity index is 156. The van der Waals surface area contributed by atoms with E-state index in [2.05, 4.69) is 5.32 Å². The first-order valence-electron chi connectivity index (χ1n) is 4.48. The Morgan fingerprint density at radius 3 is 2.75 bits per heavy atom. The largest absolute Gasteiger partial charge is 0.341 e. The van der Waals surface area contributed by atoms with Crippen molar-refractivity contribution in [2.45, 2.75) is 18.9 Å². The van der Waals surface area contributed by atoms with Crippen molar-refractivity contribution >= 4 is 17.7 Å². The van der Waals surface area contributed by atoms with Gasteiger partial charge in [0.05, 0.1) is 6.04 Å². The summed E-state index contributed by atoms with van der Waals surface area (Å²) in [5.74, 6) is 2.21. The fourth-order valence-corrected chi connectivity index (χ4v) is 2.64. The Morgan fingerprint density at radius 1 is 1.42 bits per heavy atom. The molecule has 0 unspecified atom stereocenters. The Hall–Kier alpha value is -0.220. The first kappa shape index (κ1) is 8.38. The molecule has 2 fully saturated rings. The molecule has 0 radical (unpaired) electrons. The second kappa shape index (κ2) is 3.66. The third-order valence-electron chi connectivity index (χ3n) is 2.43. The average molecular weight is 186 g/mol. The molecular weight excluding hydrogens is 172 g/mol. The van der Waals surface area contributed by atoms with Crippen molar-refractivity contribution < 1.29 is 4.79 Å². The highest BCUT2D eigenvalue weighted by Gasteiger charge is 2.28. The summed E-state index contributed by atoms with van der Waals surface area (Å²) in [6.45, 7) is 1.95. The van der Waals surface area contributed by atoms with Gasteiger partial charge in [-0.05, 0) is 12.8 Å². The summed E-state index contributed by atoms with van der Waals surface area (Å²) in [6.07, 6.45) is 2.37. The van der Waals surface area contributed by atoms with E-state index in [1.165, 1.54) is 12.8 Å². The van der Waals surface area contributed by atoms with Crippen molar-refractivity contribution in [1.82, 2.24) is 10.2 Å². The quantitative estimate of drug-likeness (QED) is 0.638. The van der Waals surface area contributed by atoms with Crippen LogP contribution in [0.1, 0.15) is 12.8 Å². The Kier molecular flexibility index (Phi) is 2.56. The van der Waals surface area contributed by atoms with Gasteiger partial charge in [0.1, 0.15) is 0 Å². The van der Waals surface area contributed by atoms with Crippen molar-refractivity contribution in [2.75, 3.05) is 24.7 Å². The molecule has 0 aromatic heterocycles. The Morgan fingerprint density at radius 2 is 2.17 bits per heavy atom. The lowest BCUT2D eigenvalue weighted by Crippen LogP contribution is -2.43. The molecule has 0 aliphatic carbocycles. The first-order valence-corrected chi connectivity index (χ1v) is 5.63. The number of nitrogens with one attached hydrogen (secondary N) is 1. The predicted molar refractivity (Wildman–Crippen MR) is 50.1 cm³/mol. The molecule has 1 atom stereocenters. The smallest absolute Gasteiger partial charge is 0.240 e. The van der Waals surface area contributed by atoms with Crippen LogP contribution in [0.15, 0.2) is 0 Å². The molecule has 2 aliphatic heterocycles. The Labute approximate surface area is 76.9 Å². The molecule has 0 aromatic rings. The van der Waals surface area contributed by atoms with E-state index in [1.807, 2.05) is 16.7 Å². The zero-order valence-corrected chi connectivity index (χ0v) is 7.90. The number of carbonyl (C=O) groups excluding carboxylic acids is 1. The van der Waals surface area contributed by atoms with Crippen LogP contribution in [0.2, 0.25) is 0 Å². The molecule has 12 heavy (non-hydrogen) atoms. The van der Waals surface area contributed by atoms with Crippen molar-refractivity contribution in [3.63, 3.8) is 0 Å². The van der Waals surface area contributed by atoms with Crippen LogP contribution < -0.4 is 5.32 Å². The van der Waals surface area contributed by atoms with Gasteiger partial charge in [0, 0.05) is 24.7 Å². The zero-order valence-electron chi connectivity index (χ0n) is 7.08. The highest BCUT2D eigenvalue weighted by molar-refractivity contribution is 7.99. The van der Waals surface area contributed by atoms with Crippen molar-refractivity contribution in [2.24, 2.45) is 0 Å². The number of rotatable bonds is 1. The third kappa shape index (κ3) is 1.59. The molecule has 0 spiro atoms. The number of amides is 1. The minimum absolute atomic E-state index is 0.105. The number of hydrogen-bond acceptors (Lipinski definition) is 3. The average Bonchev–Trinajstić information content (AvgIpc) is 2.77. The normalized spacial score (nSPS) is 29.7. The van der Waals surface area contributed by atoms with E-state index in [-0.39, 0.29) is 6.04 Å². The van der Waals surface area contributed by atoms with Crippen LogP contribution >= 0.6 is 11.8 Å². The number of carbonyl (C=O) groups is 1. The molecule has 3 nitrogen and oxygen atoms in total. The molecular formula is C8H14N2OS. The molecule has 2 saturated heterocycles. The van der Waals surface area contributed by atoms with Gasteiger partial charge in [-0.1, -0.05) is 0 Å². The summed E-state index contributed by atoms with van der Waals surface area (Å²) in [5, 5.41) is 3.20. The maximum atomic E-state index is 11.7. The van der Waals surface area contributed by atoms with E-state index >= 15 is 0 Å². The third-order valence-corrected chi connectivity index (χ3v) is 3.37. The van der Waals surface area contributed by atoms with Crippen LogP contribution in [-0.4, -0.2) is 41.6 Å². The van der Waals surface area contributed by atoms with Crippen molar-refractivity contribution in [3.8, 4) is 0 Å². The molecule has 4 heteroatoms. The zero-order chi connectivity index (χ0) is 8.39. The van der Waals surface area contributed by atoms with E-state index < -0.39 is 0 Å². The molecule has 2 rings (SSSR count). The topological polar surface area (TPSA) is 32.3 Å². The highest BCUT2D eigenvalue weighted by atomic mass is 32.2. The van der Waals surface area contributed by atoms with Crippen molar-refractivity contribution in [1.29, 1.82) is 0 Å². The molecule has 68 valence electrons. The van der Waals surface area contributed by atoms with Gasteiger partial charge in [0.2, 0.25) is 5.91 Å². The Balaban J connectivity index is 1.89. The van der Waals surface area contributed by atoms with Crippen molar-refractivity contribution in [3.05, 3.63) is 0 Å². The predicted octanol–water partition coefficient (Wildman–Crippen LogP) is 0.271. The van der Waals surface area contributed by atoms with Gasteiger partial charge in [-0.2, -0.15) is 0 Å². The van der Waals surface area contributed by atoms with Crippen LogP contribution in [0, 0.1) is 0 Å². The van der Waals surface area contributed by atoms with Crippen LogP contribution in [0.4, 0.5) is 0 Å². The summed E-state index contributed by atoms with van der Waals surface area (Å²) in [5.41, 5.74) is 0. The van der Waals surface area contributed by atoms with Crippen LogP contribution in [0.3, 0.4) is 0 Å². The summed E-state index contributed by atoms with van der Waals surface area (Å²) in [6, 6.07) is 0.105. The van der Waals surface area contributed by atoms with Gasteiger partial charge >= 0.3 is 0 Å². The van der Waals surface area contributed by atoms with Gasteiger partial charge in [0.25, 0.3) is 0 Å². The van der Waals surface area contributed by atoms with Crippen LogP contribution in [-0.2, 0) is 4.79 Å². The maximum Gasteiger partial charge on any atom is 0.240 e. The lowest BCUT2D eigenvalue weighted by Gasteiger charge is -2.19. The number of hydrogen-bond donors (Lipinski definition) is 1. The molecule has 1 amide bonds. The van der Waals surface area contributed by atoms with Gasteiger partial charge in [-0.15, -0.1) is 11.8 Å². The van der Waals surface area contributed by atoms with Gasteiger partial charge in [0.15, 0.2) is 0 Å². The van der Waals surface area contributed by atoms with E-state index in [4.69, 9.17) is 0 Å². The molecule has 0 saturated carbocycles. The monoisotopic (exact) mass is 186 g/mol. The first-order chi connectivity index (χ1) is 5.88. The SMILES string of the molecule is O=C([C@H]1CSCN1)N1CCCC1. The van der Waals surface area contributed by atoms with Gasteiger partial charge < -0.3 is 4.90 Å². The van der Waals surface area contributed by atoms with Crippen LogP contribution in [0.25, 0.3) is 0 Å². The summed E-state index contributed by atoms with van der Waals surface area (Å²) < 4.78 is 0. The highest BCUT2D eigenvalue weighted by Crippen LogP contribution is 2.15. The second-order valence-corrected chi connectivity index (χ2v) is 4.33. The molecule has 1 N–H and O–H groups in total. The minimum atomic E-state index is 0.105. The second-order valence-electron chi connectivity index (χ2n) is 3.30. The summed E-state index contributed by atoms with van der Waals surface area (Å²) in [7, 11) is 0. The van der Waals surface area contributed by atoms with E-state index in [0.717, 1.165) is 24.7 Å². The molecule has 0 aromatic carbocycles. The lowest BCUT2D eigenvalue weighted by atomic mass is 10.3. The van der Waals surface area contributed by atoms with E-state index in [9.17, 15) is 4.79 Å². The number of thioether (sulfide) groups is 1. The number of nitrogens with zero attached hydrogens (tertiary/aromatic N) is 1. The minimum Gasteiger partial charge on any atom is -0.341 e. The summed E-state index contributed by atoms with van der Waals surface area (Å²) in [4.78, 5) is 13.7. The van der Waals surface area contributed by atoms with Gasteiger partial charge in [-0.25, -0.2) is 0 Å². The molecule has 2 aliphatic rings. The number of likely N-dealkylation sites (tertiary alicyclic amines) is 1. The fraction of sp³-hybridized carbons (Fsp3) is 0.875.